The molecule has 7 heteroatoms. The van der Waals surface area contributed by atoms with E-state index in [-0.39, 0.29) is 22.6 Å². The zero-order valence-corrected chi connectivity index (χ0v) is 14.7. The third-order valence-electron chi connectivity index (χ3n) is 3.68. The molecule has 0 spiro atoms. The van der Waals surface area contributed by atoms with Crippen LogP contribution in [0.1, 0.15) is 23.0 Å². The summed E-state index contributed by atoms with van der Waals surface area (Å²) in [5.41, 5.74) is 2.60. The first-order chi connectivity index (χ1) is 12.5. The highest BCUT2D eigenvalue weighted by molar-refractivity contribution is 6.31. The summed E-state index contributed by atoms with van der Waals surface area (Å²) in [6.07, 6.45) is 2.40. The molecule has 0 saturated heterocycles. The van der Waals surface area contributed by atoms with Gasteiger partial charge in [0.1, 0.15) is 11.5 Å². The zero-order valence-electron chi connectivity index (χ0n) is 14.0. The number of nitrogens with zero attached hydrogens (tertiary/aromatic N) is 2. The Labute approximate surface area is 155 Å². The standard InChI is InChI=1S/C19H16ClFN4O/c1-2-12-3-5-13(6-4-12)23-18(26)17-9-10-22-19(25-17)24-14-7-8-16(21)15(20)11-14/h3-11H,2H2,1H3,(H,23,26)(H,22,24,25). The Kier molecular flexibility index (Phi) is 5.43. The number of rotatable bonds is 5. The molecule has 1 aromatic heterocycles. The number of carbonyl (C=O) groups is 1. The molecule has 0 bridgehead atoms. The molecule has 0 aliphatic heterocycles. The lowest BCUT2D eigenvalue weighted by atomic mass is 10.1. The second-order valence-electron chi connectivity index (χ2n) is 5.52. The fourth-order valence-electron chi connectivity index (χ4n) is 2.27. The molecule has 132 valence electrons. The first kappa shape index (κ1) is 17.8. The number of hydrogen-bond donors (Lipinski definition) is 2. The molecule has 0 aliphatic carbocycles. The molecule has 3 aromatic rings. The minimum Gasteiger partial charge on any atom is -0.324 e. The average Bonchev–Trinajstić information content (AvgIpc) is 2.65. The van der Waals surface area contributed by atoms with Gasteiger partial charge in [-0.1, -0.05) is 30.7 Å². The number of amides is 1. The van der Waals surface area contributed by atoms with Crippen molar-refractivity contribution in [1.29, 1.82) is 0 Å². The van der Waals surface area contributed by atoms with Crippen LogP contribution in [-0.2, 0) is 6.42 Å². The number of hydrogen-bond acceptors (Lipinski definition) is 4. The van der Waals surface area contributed by atoms with Gasteiger partial charge < -0.3 is 10.6 Å². The number of anilines is 3. The maximum atomic E-state index is 13.2. The average molecular weight is 371 g/mol. The molecule has 0 atom stereocenters. The molecule has 0 radical (unpaired) electrons. The van der Waals surface area contributed by atoms with Crippen molar-refractivity contribution in [1.82, 2.24) is 9.97 Å². The Morgan fingerprint density at radius 1 is 1.12 bits per heavy atom. The summed E-state index contributed by atoms with van der Waals surface area (Å²) in [6.45, 7) is 2.07. The van der Waals surface area contributed by atoms with Crippen molar-refractivity contribution < 1.29 is 9.18 Å². The van der Waals surface area contributed by atoms with Gasteiger partial charge in [0.25, 0.3) is 5.91 Å². The van der Waals surface area contributed by atoms with E-state index < -0.39 is 5.82 Å². The first-order valence-electron chi connectivity index (χ1n) is 8.00. The third-order valence-corrected chi connectivity index (χ3v) is 3.97. The van der Waals surface area contributed by atoms with Gasteiger partial charge in [0.15, 0.2) is 0 Å². The fraction of sp³-hybridized carbons (Fsp3) is 0.105. The van der Waals surface area contributed by atoms with E-state index >= 15 is 0 Å². The normalized spacial score (nSPS) is 10.4. The van der Waals surface area contributed by atoms with Crippen LogP contribution in [0.15, 0.2) is 54.7 Å². The molecule has 26 heavy (non-hydrogen) atoms. The number of benzene rings is 2. The third kappa shape index (κ3) is 4.34. The Morgan fingerprint density at radius 2 is 1.85 bits per heavy atom. The van der Waals surface area contributed by atoms with Crippen LogP contribution in [0.2, 0.25) is 5.02 Å². The van der Waals surface area contributed by atoms with Crippen LogP contribution >= 0.6 is 11.6 Å². The summed E-state index contributed by atoms with van der Waals surface area (Å²) in [4.78, 5) is 20.6. The van der Waals surface area contributed by atoms with Crippen molar-refractivity contribution in [3.8, 4) is 0 Å². The van der Waals surface area contributed by atoms with Gasteiger partial charge in [-0.2, -0.15) is 0 Å². The highest BCUT2D eigenvalue weighted by Crippen LogP contribution is 2.21. The first-order valence-corrected chi connectivity index (χ1v) is 8.38. The van der Waals surface area contributed by atoms with Gasteiger partial charge in [-0.3, -0.25) is 4.79 Å². The molecular formula is C19H16ClFN4O. The van der Waals surface area contributed by atoms with E-state index in [1.807, 2.05) is 24.3 Å². The predicted molar refractivity (Wildman–Crippen MR) is 100 cm³/mol. The number of carbonyl (C=O) groups excluding carboxylic acids is 1. The van der Waals surface area contributed by atoms with E-state index in [0.717, 1.165) is 6.42 Å². The van der Waals surface area contributed by atoms with E-state index in [1.165, 1.54) is 36.0 Å². The smallest absolute Gasteiger partial charge is 0.274 e. The maximum Gasteiger partial charge on any atom is 0.274 e. The van der Waals surface area contributed by atoms with Crippen LogP contribution < -0.4 is 10.6 Å². The Morgan fingerprint density at radius 3 is 2.54 bits per heavy atom. The lowest BCUT2D eigenvalue weighted by Crippen LogP contribution is -2.14. The van der Waals surface area contributed by atoms with E-state index in [2.05, 4.69) is 27.5 Å². The largest absolute Gasteiger partial charge is 0.324 e. The lowest BCUT2D eigenvalue weighted by Gasteiger charge is -2.08. The second-order valence-corrected chi connectivity index (χ2v) is 5.93. The van der Waals surface area contributed by atoms with Crippen LogP contribution in [0.4, 0.5) is 21.7 Å². The molecular weight excluding hydrogens is 355 g/mol. The Balaban J connectivity index is 1.73. The number of halogens is 2. The zero-order chi connectivity index (χ0) is 18.5. The molecule has 1 amide bonds. The second kappa shape index (κ2) is 7.93. The Bertz CT molecular complexity index is 931. The highest BCUT2D eigenvalue weighted by Gasteiger charge is 2.10. The number of aryl methyl sites for hydroxylation is 1. The van der Waals surface area contributed by atoms with Crippen LogP contribution in [0, 0.1) is 5.82 Å². The van der Waals surface area contributed by atoms with E-state index in [0.29, 0.717) is 11.4 Å². The van der Waals surface area contributed by atoms with Crippen molar-refractivity contribution in [2.45, 2.75) is 13.3 Å². The molecule has 2 aromatic carbocycles. The van der Waals surface area contributed by atoms with E-state index in [4.69, 9.17) is 11.6 Å². The number of nitrogens with one attached hydrogen (secondary N) is 2. The topological polar surface area (TPSA) is 66.9 Å². The SMILES string of the molecule is CCc1ccc(NC(=O)c2ccnc(Nc3ccc(F)c(Cl)c3)n2)cc1. The number of aromatic nitrogens is 2. The van der Waals surface area contributed by atoms with Crippen molar-refractivity contribution in [3.63, 3.8) is 0 Å². The molecule has 2 N–H and O–H groups in total. The molecule has 5 nitrogen and oxygen atoms in total. The highest BCUT2D eigenvalue weighted by atomic mass is 35.5. The maximum absolute atomic E-state index is 13.2. The van der Waals surface area contributed by atoms with Crippen molar-refractivity contribution in [2.24, 2.45) is 0 Å². The minimum absolute atomic E-state index is 0.0144. The van der Waals surface area contributed by atoms with Gasteiger partial charge in [0.2, 0.25) is 5.95 Å². The van der Waals surface area contributed by atoms with Gasteiger partial charge in [-0.25, -0.2) is 14.4 Å². The van der Waals surface area contributed by atoms with E-state index in [1.54, 1.807) is 0 Å². The monoisotopic (exact) mass is 370 g/mol. The molecule has 0 unspecified atom stereocenters. The van der Waals surface area contributed by atoms with Crippen LogP contribution in [0.5, 0.6) is 0 Å². The summed E-state index contributed by atoms with van der Waals surface area (Å²) >= 11 is 5.75. The van der Waals surface area contributed by atoms with Crippen molar-refractivity contribution in [2.75, 3.05) is 10.6 Å². The molecule has 0 saturated carbocycles. The summed E-state index contributed by atoms with van der Waals surface area (Å²) < 4.78 is 13.2. The van der Waals surface area contributed by atoms with Crippen LogP contribution in [0.25, 0.3) is 0 Å². The van der Waals surface area contributed by atoms with Gasteiger partial charge >= 0.3 is 0 Å². The Hall–Kier alpha value is -2.99. The van der Waals surface area contributed by atoms with Crippen LogP contribution in [0.3, 0.4) is 0 Å². The quantitative estimate of drug-likeness (QED) is 0.675. The van der Waals surface area contributed by atoms with E-state index in [9.17, 15) is 9.18 Å². The van der Waals surface area contributed by atoms with Crippen molar-refractivity contribution >= 4 is 34.8 Å². The summed E-state index contributed by atoms with van der Waals surface area (Å²) in [5, 5.41) is 5.67. The lowest BCUT2D eigenvalue weighted by molar-refractivity contribution is 0.102. The molecule has 0 fully saturated rings. The predicted octanol–water partition coefficient (Wildman–Crippen LogP) is 4.83. The minimum atomic E-state index is -0.514. The van der Waals surface area contributed by atoms with Gasteiger partial charge in [-0.15, -0.1) is 0 Å². The summed E-state index contributed by atoms with van der Waals surface area (Å²) in [5.74, 6) is -0.654. The van der Waals surface area contributed by atoms with Gasteiger partial charge in [-0.05, 0) is 48.4 Å². The van der Waals surface area contributed by atoms with Crippen molar-refractivity contribution in [3.05, 3.63) is 76.8 Å². The van der Waals surface area contributed by atoms with Gasteiger partial charge in [0.05, 0.1) is 5.02 Å². The molecule has 1 heterocycles. The van der Waals surface area contributed by atoms with Crippen LogP contribution in [-0.4, -0.2) is 15.9 Å². The summed E-state index contributed by atoms with van der Waals surface area (Å²) in [7, 11) is 0. The molecule has 0 aliphatic rings. The molecule has 3 rings (SSSR count). The van der Waals surface area contributed by atoms with Gasteiger partial charge in [0, 0.05) is 17.6 Å². The fourth-order valence-corrected chi connectivity index (χ4v) is 2.45. The summed E-state index contributed by atoms with van der Waals surface area (Å²) in [6, 6.07) is 13.3.